The van der Waals surface area contributed by atoms with E-state index in [2.05, 4.69) is 38.2 Å². The molecule has 0 aromatic heterocycles. The van der Waals surface area contributed by atoms with Crippen LogP contribution in [0.3, 0.4) is 0 Å². The highest BCUT2D eigenvalue weighted by atomic mass is 19.1. The van der Waals surface area contributed by atoms with Gasteiger partial charge in [-0.3, -0.25) is 0 Å². The van der Waals surface area contributed by atoms with Crippen LogP contribution in [0.2, 0.25) is 0 Å². The van der Waals surface area contributed by atoms with E-state index in [0.717, 1.165) is 31.5 Å². The van der Waals surface area contributed by atoms with Gasteiger partial charge in [0.05, 0.1) is 0 Å². The van der Waals surface area contributed by atoms with Crippen LogP contribution in [0.15, 0.2) is 24.3 Å². The van der Waals surface area contributed by atoms with Crippen LogP contribution >= 0.6 is 0 Å². The Morgan fingerprint density at radius 1 is 1.05 bits per heavy atom. The lowest BCUT2D eigenvalue weighted by Crippen LogP contribution is -2.40. The third-order valence-corrected chi connectivity index (χ3v) is 4.38. The Labute approximate surface area is 116 Å². The molecule has 19 heavy (non-hydrogen) atoms. The van der Waals surface area contributed by atoms with Crippen LogP contribution in [0, 0.1) is 5.92 Å². The topological polar surface area (TPSA) is 12.0 Å². The lowest BCUT2D eigenvalue weighted by atomic mass is 9.79. The number of halogens is 1. The molecule has 0 saturated carbocycles. The molecular weight excluding hydrogens is 237 g/mol. The van der Waals surface area contributed by atoms with Crippen molar-refractivity contribution in [3.63, 3.8) is 0 Å². The molecule has 0 radical (unpaired) electrons. The van der Waals surface area contributed by atoms with Gasteiger partial charge >= 0.3 is 0 Å². The predicted octanol–water partition coefficient (Wildman–Crippen LogP) is 4.17. The van der Waals surface area contributed by atoms with Gasteiger partial charge in [0.2, 0.25) is 0 Å². The average molecular weight is 263 g/mol. The van der Waals surface area contributed by atoms with Crippen molar-refractivity contribution in [2.75, 3.05) is 13.1 Å². The lowest BCUT2D eigenvalue weighted by molar-refractivity contribution is 0.0811. The number of nitrogens with one attached hydrogen (secondary N) is 1. The second kappa shape index (κ2) is 5.24. The van der Waals surface area contributed by atoms with Crippen molar-refractivity contribution in [2.24, 2.45) is 5.92 Å². The van der Waals surface area contributed by atoms with Crippen molar-refractivity contribution in [3.8, 4) is 0 Å². The molecule has 1 fully saturated rings. The molecule has 0 spiro atoms. The summed E-state index contributed by atoms with van der Waals surface area (Å²) in [5.74, 6) is 0.0849. The number of benzene rings is 1. The fourth-order valence-electron chi connectivity index (χ4n) is 2.85. The van der Waals surface area contributed by atoms with Crippen LogP contribution in [0.25, 0.3) is 0 Å². The first-order valence-corrected chi connectivity index (χ1v) is 7.32. The van der Waals surface area contributed by atoms with E-state index in [1.54, 1.807) is 6.92 Å². The summed E-state index contributed by atoms with van der Waals surface area (Å²) in [4.78, 5) is 0. The zero-order valence-electron chi connectivity index (χ0n) is 12.6. The van der Waals surface area contributed by atoms with E-state index >= 15 is 4.39 Å². The number of rotatable bonds is 2. The first-order chi connectivity index (χ1) is 8.82. The quantitative estimate of drug-likeness (QED) is 0.844. The average Bonchev–Trinajstić information content (AvgIpc) is 2.39. The van der Waals surface area contributed by atoms with Gasteiger partial charge in [-0.15, -0.1) is 0 Å². The SMILES string of the molecule is CC(C)(C)c1ccc(C(C)(F)C2CCCNC2)cc1. The van der Waals surface area contributed by atoms with Gasteiger partial charge in [0.1, 0.15) is 5.67 Å². The Balaban J connectivity index is 2.20. The molecular formula is C17H26FN. The van der Waals surface area contributed by atoms with Crippen LogP contribution in [-0.2, 0) is 11.1 Å². The summed E-state index contributed by atoms with van der Waals surface area (Å²) in [7, 11) is 0. The lowest BCUT2D eigenvalue weighted by Gasteiger charge is -2.34. The van der Waals surface area contributed by atoms with E-state index in [0.29, 0.717) is 0 Å². The van der Waals surface area contributed by atoms with Gasteiger partial charge in [-0.25, -0.2) is 4.39 Å². The number of piperidine rings is 1. The molecule has 2 unspecified atom stereocenters. The maximum Gasteiger partial charge on any atom is 0.137 e. The van der Waals surface area contributed by atoms with Gasteiger partial charge in [-0.1, -0.05) is 45.0 Å². The Morgan fingerprint density at radius 3 is 2.11 bits per heavy atom. The van der Waals surface area contributed by atoms with Crippen molar-refractivity contribution >= 4 is 0 Å². The van der Waals surface area contributed by atoms with Gasteiger partial charge in [0.15, 0.2) is 0 Å². The third-order valence-electron chi connectivity index (χ3n) is 4.38. The van der Waals surface area contributed by atoms with Gasteiger partial charge < -0.3 is 5.32 Å². The third kappa shape index (κ3) is 3.17. The number of alkyl halides is 1. The smallest absolute Gasteiger partial charge is 0.137 e. The van der Waals surface area contributed by atoms with Gasteiger partial charge in [0, 0.05) is 12.5 Å². The summed E-state index contributed by atoms with van der Waals surface area (Å²) in [5, 5.41) is 3.31. The molecule has 0 amide bonds. The maximum absolute atomic E-state index is 15.1. The van der Waals surface area contributed by atoms with Crippen molar-refractivity contribution in [2.45, 2.75) is 51.6 Å². The van der Waals surface area contributed by atoms with E-state index in [4.69, 9.17) is 0 Å². The molecule has 0 bridgehead atoms. The first-order valence-electron chi connectivity index (χ1n) is 7.32. The highest BCUT2D eigenvalue weighted by molar-refractivity contribution is 5.31. The molecule has 1 nitrogen and oxygen atoms in total. The fourth-order valence-corrected chi connectivity index (χ4v) is 2.85. The van der Waals surface area contributed by atoms with Crippen molar-refractivity contribution in [3.05, 3.63) is 35.4 Å². The van der Waals surface area contributed by atoms with E-state index in [-0.39, 0.29) is 11.3 Å². The summed E-state index contributed by atoms with van der Waals surface area (Å²) in [6.07, 6.45) is 2.05. The zero-order valence-corrected chi connectivity index (χ0v) is 12.6. The molecule has 0 aliphatic carbocycles. The van der Waals surface area contributed by atoms with Crippen LogP contribution < -0.4 is 5.32 Å². The van der Waals surface area contributed by atoms with E-state index in [1.165, 1.54) is 5.56 Å². The van der Waals surface area contributed by atoms with Crippen molar-refractivity contribution in [1.82, 2.24) is 5.32 Å². The minimum atomic E-state index is -1.23. The molecule has 2 heteroatoms. The predicted molar refractivity (Wildman–Crippen MR) is 79.2 cm³/mol. The van der Waals surface area contributed by atoms with Crippen molar-refractivity contribution < 1.29 is 4.39 Å². The van der Waals surface area contributed by atoms with Crippen LogP contribution in [0.4, 0.5) is 4.39 Å². The second-order valence-electron chi connectivity index (χ2n) is 6.95. The summed E-state index contributed by atoms with van der Waals surface area (Å²) in [6, 6.07) is 8.08. The fraction of sp³-hybridized carbons (Fsp3) is 0.647. The first kappa shape index (κ1) is 14.5. The van der Waals surface area contributed by atoms with Crippen LogP contribution in [0.1, 0.15) is 51.7 Å². The number of hydrogen-bond acceptors (Lipinski definition) is 1. The zero-order chi connectivity index (χ0) is 14.1. The highest BCUT2D eigenvalue weighted by Gasteiger charge is 2.36. The van der Waals surface area contributed by atoms with Gasteiger partial charge in [0.25, 0.3) is 0 Å². The molecule has 1 saturated heterocycles. The van der Waals surface area contributed by atoms with E-state index in [9.17, 15) is 0 Å². The van der Waals surface area contributed by atoms with Gasteiger partial charge in [-0.2, -0.15) is 0 Å². The molecule has 1 aromatic rings. The highest BCUT2D eigenvalue weighted by Crippen LogP contribution is 2.38. The van der Waals surface area contributed by atoms with Crippen molar-refractivity contribution in [1.29, 1.82) is 0 Å². The standard InChI is InChI=1S/C17H26FN/c1-16(2,3)13-7-9-14(10-8-13)17(4,18)15-6-5-11-19-12-15/h7-10,15,19H,5-6,11-12H2,1-4H3. The maximum atomic E-state index is 15.1. The molecule has 1 aliphatic rings. The molecule has 2 rings (SSSR count). The van der Waals surface area contributed by atoms with E-state index in [1.807, 2.05) is 12.1 Å². The molecule has 2 atom stereocenters. The summed E-state index contributed by atoms with van der Waals surface area (Å²) in [6.45, 7) is 10.1. The molecule has 1 heterocycles. The summed E-state index contributed by atoms with van der Waals surface area (Å²) < 4.78 is 15.1. The van der Waals surface area contributed by atoms with Crippen LogP contribution in [-0.4, -0.2) is 13.1 Å². The van der Waals surface area contributed by atoms with Crippen LogP contribution in [0.5, 0.6) is 0 Å². The molecule has 1 N–H and O–H groups in total. The Morgan fingerprint density at radius 2 is 1.63 bits per heavy atom. The Kier molecular flexibility index (Phi) is 4.00. The van der Waals surface area contributed by atoms with Gasteiger partial charge in [-0.05, 0) is 42.9 Å². The normalized spacial score (nSPS) is 23.9. The Hall–Kier alpha value is -0.890. The minimum absolute atomic E-state index is 0.0849. The second-order valence-corrected chi connectivity index (χ2v) is 6.95. The molecule has 1 aliphatic heterocycles. The Bertz CT molecular complexity index is 408. The van der Waals surface area contributed by atoms with E-state index < -0.39 is 5.67 Å². The number of hydrogen-bond donors (Lipinski definition) is 1. The largest absolute Gasteiger partial charge is 0.316 e. The monoisotopic (exact) mass is 263 g/mol. The molecule has 106 valence electrons. The summed E-state index contributed by atoms with van der Waals surface area (Å²) in [5.41, 5.74) is 0.963. The molecule has 1 aromatic carbocycles. The summed E-state index contributed by atoms with van der Waals surface area (Å²) >= 11 is 0. The minimum Gasteiger partial charge on any atom is -0.316 e.